The predicted molar refractivity (Wildman–Crippen MR) is 81.7 cm³/mol. The van der Waals surface area contributed by atoms with Crippen molar-refractivity contribution in [1.82, 2.24) is 25.0 Å². The molecule has 0 saturated heterocycles. The molecular weight excluding hydrogens is 276 g/mol. The molecule has 4 rings (SSSR count). The number of nitrogens with one attached hydrogen (secondary N) is 1. The molecule has 3 aromatic rings. The number of aromatic amines is 1. The van der Waals surface area contributed by atoms with Gasteiger partial charge in [-0.2, -0.15) is 15.5 Å². The normalized spacial score (nSPS) is 21.2. The smallest absolute Gasteiger partial charge is 0.160 e. The van der Waals surface area contributed by atoms with E-state index in [9.17, 15) is 0 Å². The quantitative estimate of drug-likeness (QED) is 0.804. The molecule has 3 aromatic heterocycles. The van der Waals surface area contributed by atoms with Crippen molar-refractivity contribution in [3.8, 4) is 17.2 Å². The number of H-pyrrole nitrogens is 1. The molecule has 1 saturated carbocycles. The highest BCUT2D eigenvalue weighted by atomic mass is 15.3. The average Bonchev–Trinajstić information content (AvgIpc) is 3.26. The molecule has 0 unspecified atom stereocenters. The maximum atomic E-state index is 8.97. The van der Waals surface area contributed by atoms with E-state index in [1.807, 2.05) is 23.1 Å². The summed E-state index contributed by atoms with van der Waals surface area (Å²) in [5, 5.41) is 22.7. The predicted octanol–water partition coefficient (Wildman–Crippen LogP) is 3.08. The highest BCUT2D eigenvalue weighted by Crippen LogP contribution is 2.38. The highest BCUT2D eigenvalue weighted by Gasteiger charge is 2.29. The molecule has 1 fully saturated rings. The van der Waals surface area contributed by atoms with Gasteiger partial charge in [0.25, 0.3) is 0 Å². The Morgan fingerprint density at radius 3 is 3.23 bits per heavy atom. The van der Waals surface area contributed by atoms with E-state index < -0.39 is 0 Å². The van der Waals surface area contributed by atoms with Gasteiger partial charge in [-0.25, -0.2) is 0 Å². The minimum Gasteiger partial charge on any atom is -0.345 e. The van der Waals surface area contributed by atoms with Crippen LogP contribution in [0.4, 0.5) is 0 Å². The molecule has 0 bridgehead atoms. The van der Waals surface area contributed by atoms with Crippen LogP contribution in [0.2, 0.25) is 0 Å². The molecule has 1 N–H and O–H groups in total. The van der Waals surface area contributed by atoms with Gasteiger partial charge in [-0.1, -0.05) is 6.42 Å². The van der Waals surface area contributed by atoms with Crippen molar-refractivity contribution in [2.75, 3.05) is 0 Å². The second-order valence-corrected chi connectivity index (χ2v) is 5.83. The molecule has 22 heavy (non-hydrogen) atoms. The standard InChI is InChI=1S/C16H16N6/c17-6-4-11-2-1-3-15(11)22-10-12(8-20-22)14-9-19-21-16-13(14)5-7-18-16/h5,7-11,15H,1-4H2,(H,18,21)/t11-,15-/m1/s1. The first-order valence-electron chi connectivity index (χ1n) is 7.57. The Balaban J connectivity index is 1.70. The molecule has 2 atom stereocenters. The summed E-state index contributed by atoms with van der Waals surface area (Å²) in [4.78, 5) is 3.08. The van der Waals surface area contributed by atoms with Crippen molar-refractivity contribution in [2.45, 2.75) is 31.7 Å². The average molecular weight is 292 g/mol. The van der Waals surface area contributed by atoms with Crippen molar-refractivity contribution in [1.29, 1.82) is 5.26 Å². The number of hydrogen-bond donors (Lipinski definition) is 1. The molecule has 1 aliphatic carbocycles. The molecular formula is C16H16N6. The van der Waals surface area contributed by atoms with Crippen LogP contribution in [-0.4, -0.2) is 25.0 Å². The van der Waals surface area contributed by atoms with Crippen LogP contribution in [-0.2, 0) is 0 Å². The third-order valence-corrected chi connectivity index (χ3v) is 4.58. The lowest BCUT2D eigenvalue weighted by Crippen LogP contribution is -2.14. The van der Waals surface area contributed by atoms with Crippen LogP contribution in [0.5, 0.6) is 0 Å². The van der Waals surface area contributed by atoms with E-state index in [0.29, 0.717) is 18.4 Å². The lowest BCUT2D eigenvalue weighted by molar-refractivity contribution is 0.356. The van der Waals surface area contributed by atoms with Gasteiger partial charge < -0.3 is 4.98 Å². The number of hydrogen-bond acceptors (Lipinski definition) is 4. The van der Waals surface area contributed by atoms with E-state index in [1.54, 1.807) is 6.20 Å². The second kappa shape index (κ2) is 5.26. The number of rotatable bonds is 3. The zero-order chi connectivity index (χ0) is 14.9. The Morgan fingerprint density at radius 2 is 2.32 bits per heavy atom. The molecule has 6 heteroatoms. The Labute approximate surface area is 127 Å². The molecule has 3 heterocycles. The van der Waals surface area contributed by atoms with Crippen LogP contribution >= 0.6 is 0 Å². The summed E-state index contributed by atoms with van der Waals surface area (Å²) in [5.74, 6) is 0.417. The summed E-state index contributed by atoms with van der Waals surface area (Å²) in [7, 11) is 0. The monoisotopic (exact) mass is 292 g/mol. The SMILES string of the molecule is N#CC[C@H]1CCC[C@H]1n1cc(-c2cnnc3[nH]ccc23)cn1. The fourth-order valence-corrected chi connectivity index (χ4v) is 3.48. The molecule has 6 nitrogen and oxygen atoms in total. The van der Waals surface area contributed by atoms with Gasteiger partial charge in [-0.3, -0.25) is 4.68 Å². The molecule has 0 aromatic carbocycles. The van der Waals surface area contributed by atoms with Gasteiger partial charge in [-0.15, -0.1) is 5.10 Å². The molecule has 0 aliphatic heterocycles. The van der Waals surface area contributed by atoms with E-state index in [2.05, 4.69) is 32.5 Å². The first-order chi connectivity index (χ1) is 10.9. The number of aromatic nitrogens is 5. The molecule has 0 spiro atoms. The van der Waals surface area contributed by atoms with Crippen LogP contribution in [0.15, 0.2) is 30.9 Å². The van der Waals surface area contributed by atoms with Crippen molar-refractivity contribution in [3.63, 3.8) is 0 Å². The van der Waals surface area contributed by atoms with Gasteiger partial charge in [-0.05, 0) is 24.8 Å². The van der Waals surface area contributed by atoms with Crippen molar-refractivity contribution >= 4 is 11.0 Å². The Kier molecular flexibility index (Phi) is 3.11. The van der Waals surface area contributed by atoms with Crippen molar-refractivity contribution in [3.05, 3.63) is 30.9 Å². The van der Waals surface area contributed by atoms with Gasteiger partial charge in [0.2, 0.25) is 0 Å². The summed E-state index contributed by atoms with van der Waals surface area (Å²) < 4.78 is 2.03. The van der Waals surface area contributed by atoms with Gasteiger partial charge in [0.15, 0.2) is 5.65 Å². The second-order valence-electron chi connectivity index (χ2n) is 5.83. The number of nitrogens with zero attached hydrogens (tertiary/aromatic N) is 5. The Morgan fingerprint density at radius 1 is 1.36 bits per heavy atom. The van der Waals surface area contributed by atoms with Gasteiger partial charge in [0, 0.05) is 35.3 Å². The maximum Gasteiger partial charge on any atom is 0.160 e. The van der Waals surface area contributed by atoms with E-state index in [0.717, 1.165) is 35.0 Å². The van der Waals surface area contributed by atoms with E-state index in [1.165, 1.54) is 6.42 Å². The Bertz CT molecular complexity index is 840. The van der Waals surface area contributed by atoms with Crippen LogP contribution in [0.25, 0.3) is 22.2 Å². The summed E-state index contributed by atoms with van der Waals surface area (Å²) in [5.41, 5.74) is 2.86. The zero-order valence-electron chi connectivity index (χ0n) is 12.1. The summed E-state index contributed by atoms with van der Waals surface area (Å²) >= 11 is 0. The Hall–Kier alpha value is -2.68. The number of fused-ring (bicyclic) bond motifs is 1. The van der Waals surface area contributed by atoms with Crippen LogP contribution in [0.3, 0.4) is 0 Å². The first kappa shape index (κ1) is 13.0. The van der Waals surface area contributed by atoms with Crippen molar-refractivity contribution in [2.24, 2.45) is 5.92 Å². The third-order valence-electron chi connectivity index (χ3n) is 4.58. The van der Waals surface area contributed by atoms with Gasteiger partial charge in [0.1, 0.15) is 0 Å². The minimum atomic E-state index is 0.338. The maximum absolute atomic E-state index is 8.97. The largest absolute Gasteiger partial charge is 0.345 e. The fraction of sp³-hybridized carbons (Fsp3) is 0.375. The summed E-state index contributed by atoms with van der Waals surface area (Å²) in [6, 6.07) is 4.65. The topological polar surface area (TPSA) is 83.2 Å². The third kappa shape index (κ3) is 2.06. The molecule has 0 radical (unpaired) electrons. The molecule has 0 amide bonds. The van der Waals surface area contributed by atoms with Crippen LogP contribution in [0.1, 0.15) is 31.7 Å². The first-order valence-corrected chi connectivity index (χ1v) is 7.57. The van der Waals surface area contributed by atoms with E-state index in [-0.39, 0.29) is 0 Å². The highest BCUT2D eigenvalue weighted by molar-refractivity contribution is 5.91. The lowest BCUT2D eigenvalue weighted by Gasteiger charge is -2.17. The summed E-state index contributed by atoms with van der Waals surface area (Å²) in [6.07, 6.45) is 11.6. The zero-order valence-corrected chi connectivity index (χ0v) is 12.1. The number of nitriles is 1. The molecule has 110 valence electrons. The molecule has 1 aliphatic rings. The van der Waals surface area contributed by atoms with E-state index >= 15 is 0 Å². The van der Waals surface area contributed by atoms with Crippen LogP contribution in [0, 0.1) is 17.2 Å². The fourth-order valence-electron chi connectivity index (χ4n) is 3.48. The minimum absolute atomic E-state index is 0.338. The van der Waals surface area contributed by atoms with Crippen molar-refractivity contribution < 1.29 is 0 Å². The van der Waals surface area contributed by atoms with E-state index in [4.69, 9.17) is 5.26 Å². The van der Waals surface area contributed by atoms with Gasteiger partial charge >= 0.3 is 0 Å². The summed E-state index contributed by atoms with van der Waals surface area (Å²) in [6.45, 7) is 0. The lowest BCUT2D eigenvalue weighted by atomic mass is 10.0. The van der Waals surface area contributed by atoms with Gasteiger partial charge in [0.05, 0.1) is 24.5 Å². The van der Waals surface area contributed by atoms with Crippen LogP contribution < -0.4 is 0 Å².